The van der Waals surface area contributed by atoms with Crippen molar-refractivity contribution >= 4 is 17.7 Å². The molecule has 0 radical (unpaired) electrons. The van der Waals surface area contributed by atoms with E-state index in [9.17, 15) is 14.4 Å². The van der Waals surface area contributed by atoms with E-state index in [-0.39, 0.29) is 30.8 Å². The fourth-order valence-electron chi connectivity index (χ4n) is 5.34. The zero-order valence-electron chi connectivity index (χ0n) is 22.1. The van der Waals surface area contributed by atoms with Crippen molar-refractivity contribution in [2.24, 2.45) is 5.92 Å². The number of hydrogen-bond donors (Lipinski definition) is 3. The van der Waals surface area contributed by atoms with Crippen molar-refractivity contribution in [1.29, 1.82) is 0 Å². The van der Waals surface area contributed by atoms with Gasteiger partial charge in [0.2, 0.25) is 17.7 Å². The smallest absolute Gasteiger partial charge is 0.250 e. The molecule has 0 bridgehead atoms. The Bertz CT molecular complexity index is 1070. The lowest BCUT2D eigenvalue weighted by atomic mass is 9.75. The molecule has 1 atom stereocenters. The molecule has 37 heavy (non-hydrogen) atoms. The van der Waals surface area contributed by atoms with Crippen molar-refractivity contribution in [3.63, 3.8) is 0 Å². The average Bonchev–Trinajstić information content (AvgIpc) is 3.38. The number of carbonyl (C=O) groups is 3. The van der Waals surface area contributed by atoms with Crippen molar-refractivity contribution in [3.8, 4) is 0 Å². The van der Waals surface area contributed by atoms with E-state index in [1.165, 1.54) is 0 Å². The van der Waals surface area contributed by atoms with Crippen LogP contribution in [0.15, 0.2) is 36.8 Å². The first-order valence-corrected chi connectivity index (χ1v) is 13.5. The molecule has 9 nitrogen and oxygen atoms in total. The minimum atomic E-state index is -1.12. The lowest BCUT2D eigenvalue weighted by molar-refractivity contribution is -0.140. The summed E-state index contributed by atoms with van der Waals surface area (Å²) >= 11 is 0. The minimum Gasteiger partial charge on any atom is -0.354 e. The van der Waals surface area contributed by atoms with Crippen LogP contribution in [0.1, 0.15) is 62.8 Å². The number of rotatable bonds is 5. The fraction of sp³-hybridized carbons (Fsp3) is 0.571. The van der Waals surface area contributed by atoms with Gasteiger partial charge in [-0.05, 0) is 62.1 Å². The first-order chi connectivity index (χ1) is 17.9. The van der Waals surface area contributed by atoms with Crippen molar-refractivity contribution in [2.75, 3.05) is 32.7 Å². The van der Waals surface area contributed by atoms with E-state index >= 15 is 0 Å². The van der Waals surface area contributed by atoms with E-state index in [4.69, 9.17) is 0 Å². The predicted octanol–water partition coefficient (Wildman–Crippen LogP) is 2.34. The van der Waals surface area contributed by atoms with Crippen LogP contribution >= 0.6 is 0 Å². The highest BCUT2D eigenvalue weighted by atomic mass is 16.2. The molecule has 3 N–H and O–H groups in total. The maximum Gasteiger partial charge on any atom is 0.250 e. The Morgan fingerprint density at radius 1 is 1.08 bits per heavy atom. The van der Waals surface area contributed by atoms with Crippen LogP contribution in [0, 0.1) is 5.92 Å². The van der Waals surface area contributed by atoms with Crippen LogP contribution in [0.2, 0.25) is 0 Å². The van der Waals surface area contributed by atoms with Gasteiger partial charge in [0.05, 0.1) is 19.4 Å². The highest BCUT2D eigenvalue weighted by Gasteiger charge is 2.44. The van der Waals surface area contributed by atoms with Gasteiger partial charge in [-0.1, -0.05) is 38.1 Å². The maximum absolute atomic E-state index is 13.7. The van der Waals surface area contributed by atoms with Crippen molar-refractivity contribution in [1.82, 2.24) is 30.4 Å². The molecule has 1 aromatic carbocycles. The highest BCUT2D eigenvalue weighted by Crippen LogP contribution is 2.35. The Morgan fingerprint density at radius 2 is 1.92 bits per heavy atom. The normalized spacial score (nSPS) is 22.5. The number of amides is 3. The fourth-order valence-corrected chi connectivity index (χ4v) is 5.34. The molecule has 1 aromatic heterocycles. The van der Waals surface area contributed by atoms with Gasteiger partial charge in [-0.2, -0.15) is 0 Å². The number of hydrogen-bond acceptors (Lipinski definition) is 5. The number of aromatic nitrogens is 2. The summed E-state index contributed by atoms with van der Waals surface area (Å²) in [7, 11) is 0. The third-order valence-corrected chi connectivity index (χ3v) is 7.37. The lowest BCUT2D eigenvalue weighted by Gasteiger charge is -2.39. The van der Waals surface area contributed by atoms with Crippen LogP contribution in [0.4, 0.5) is 0 Å². The molecule has 0 saturated carbocycles. The summed E-state index contributed by atoms with van der Waals surface area (Å²) in [5, 5.41) is 6.22. The standard InChI is InChI=1S/C28H40N6O3/c1-21(2)11-15-34-18-25(35)32-28(12-7-9-22-8-3-4-10-24(22)28)27(37)30-13-5-6-14-33(19-26(34)36)17-23-16-29-20-31-23/h3-4,8,10,16,20-21H,5-7,9,11-15,17-19H2,1-2H3,(H,29,31)(H,30,37)(H,32,35). The van der Waals surface area contributed by atoms with Crippen molar-refractivity contribution in [2.45, 2.75) is 64.5 Å². The summed E-state index contributed by atoms with van der Waals surface area (Å²) in [6.45, 7) is 6.67. The number of fused-ring (bicyclic) bond motifs is 2. The summed E-state index contributed by atoms with van der Waals surface area (Å²) in [5.41, 5.74) is 1.78. The Balaban J connectivity index is 1.60. The van der Waals surface area contributed by atoms with E-state index in [0.717, 1.165) is 48.9 Å². The van der Waals surface area contributed by atoms with Gasteiger partial charge < -0.3 is 20.5 Å². The Morgan fingerprint density at radius 3 is 2.70 bits per heavy atom. The summed E-state index contributed by atoms with van der Waals surface area (Å²) in [6.07, 6.45) is 8.05. The molecule has 4 rings (SSSR count). The number of imidazole rings is 1. The van der Waals surface area contributed by atoms with Gasteiger partial charge in [-0.15, -0.1) is 0 Å². The largest absolute Gasteiger partial charge is 0.354 e. The SMILES string of the molecule is CC(C)CCN1CC(=O)NC2(CCCc3ccccc32)C(=O)NCCCCN(Cc2cnc[nH]2)CC1=O. The quantitative estimate of drug-likeness (QED) is 0.574. The molecule has 2 aromatic rings. The zero-order chi connectivity index (χ0) is 26.3. The molecule has 1 aliphatic carbocycles. The zero-order valence-corrected chi connectivity index (χ0v) is 22.1. The third-order valence-electron chi connectivity index (χ3n) is 7.37. The summed E-state index contributed by atoms with van der Waals surface area (Å²) in [6, 6.07) is 7.88. The molecule has 1 fully saturated rings. The first kappa shape index (κ1) is 26.9. The van der Waals surface area contributed by atoms with E-state index < -0.39 is 5.54 Å². The second-order valence-corrected chi connectivity index (χ2v) is 10.7. The highest BCUT2D eigenvalue weighted by molar-refractivity contribution is 5.94. The van der Waals surface area contributed by atoms with Crippen molar-refractivity contribution < 1.29 is 14.4 Å². The third kappa shape index (κ3) is 6.77. The van der Waals surface area contributed by atoms with E-state index in [1.807, 2.05) is 24.3 Å². The number of H-pyrrole nitrogens is 1. The summed E-state index contributed by atoms with van der Waals surface area (Å²) < 4.78 is 0. The average molecular weight is 509 g/mol. The van der Waals surface area contributed by atoms with Crippen molar-refractivity contribution in [3.05, 3.63) is 53.6 Å². The number of nitrogens with zero attached hydrogens (tertiary/aromatic N) is 3. The molecule has 2 heterocycles. The number of carbonyl (C=O) groups excluding carboxylic acids is 3. The summed E-state index contributed by atoms with van der Waals surface area (Å²) in [5.74, 6) is -0.150. The Labute approximate surface area is 219 Å². The number of nitrogens with one attached hydrogen (secondary N) is 3. The van der Waals surface area contributed by atoms with Gasteiger partial charge in [-0.3, -0.25) is 19.3 Å². The number of aromatic amines is 1. The second kappa shape index (κ2) is 12.4. The Hall–Kier alpha value is -3.20. The van der Waals surface area contributed by atoms with Crippen LogP contribution < -0.4 is 10.6 Å². The molecule has 2 aliphatic rings. The number of aryl methyl sites for hydroxylation is 1. The van der Waals surface area contributed by atoms with Crippen LogP contribution in [-0.2, 0) is 32.9 Å². The van der Waals surface area contributed by atoms with Gasteiger partial charge in [-0.25, -0.2) is 4.98 Å². The molecule has 1 unspecified atom stereocenters. The van der Waals surface area contributed by atoms with E-state index in [0.29, 0.717) is 38.5 Å². The van der Waals surface area contributed by atoms with Gasteiger partial charge >= 0.3 is 0 Å². The van der Waals surface area contributed by atoms with Crippen LogP contribution in [-0.4, -0.2) is 70.2 Å². The van der Waals surface area contributed by atoms with E-state index in [1.54, 1.807) is 17.4 Å². The first-order valence-electron chi connectivity index (χ1n) is 13.5. The monoisotopic (exact) mass is 508 g/mol. The second-order valence-electron chi connectivity index (χ2n) is 10.7. The molecular formula is C28H40N6O3. The van der Waals surface area contributed by atoms with Gasteiger partial charge in [0, 0.05) is 31.5 Å². The molecule has 1 spiro atoms. The summed E-state index contributed by atoms with van der Waals surface area (Å²) in [4.78, 5) is 51.6. The van der Waals surface area contributed by atoms with Crippen LogP contribution in [0.3, 0.4) is 0 Å². The number of benzene rings is 1. The van der Waals surface area contributed by atoms with Crippen LogP contribution in [0.25, 0.3) is 0 Å². The minimum absolute atomic E-state index is 0.0688. The molecule has 1 aliphatic heterocycles. The molecule has 1 saturated heterocycles. The molecule has 3 amide bonds. The topological polar surface area (TPSA) is 110 Å². The molecule has 9 heteroatoms. The van der Waals surface area contributed by atoms with Gasteiger partial charge in [0.1, 0.15) is 5.54 Å². The lowest BCUT2D eigenvalue weighted by Crippen LogP contribution is -2.60. The molecule has 200 valence electrons. The predicted molar refractivity (Wildman–Crippen MR) is 141 cm³/mol. The van der Waals surface area contributed by atoms with Crippen LogP contribution in [0.5, 0.6) is 0 Å². The molecular weight excluding hydrogens is 468 g/mol. The van der Waals surface area contributed by atoms with E-state index in [2.05, 4.69) is 39.3 Å². The maximum atomic E-state index is 13.7. The van der Waals surface area contributed by atoms with Gasteiger partial charge in [0.25, 0.3) is 0 Å². The Kier molecular flexibility index (Phi) is 8.97. The van der Waals surface area contributed by atoms with Gasteiger partial charge in [0.15, 0.2) is 0 Å².